The smallest absolute Gasteiger partial charge is 0.310 e. The maximum absolute atomic E-state index is 10.8. The molecular weight excluding hydrogens is 142 g/mol. The Morgan fingerprint density at radius 3 is 2.64 bits per heavy atom. The molecule has 0 spiro atoms. The molecule has 3 rings (SSSR count). The van der Waals surface area contributed by atoms with Gasteiger partial charge in [-0.25, -0.2) is 0 Å². The molecule has 1 N–H and O–H groups in total. The minimum atomic E-state index is -0.766. The fourth-order valence-corrected chi connectivity index (χ4v) is 2.48. The van der Waals surface area contributed by atoms with E-state index >= 15 is 0 Å². The van der Waals surface area contributed by atoms with Crippen LogP contribution in [0.2, 0.25) is 0 Å². The van der Waals surface area contributed by atoms with Crippen LogP contribution in [0.1, 0.15) is 19.3 Å². The van der Waals surface area contributed by atoms with Crippen LogP contribution in [0.4, 0.5) is 0 Å². The van der Waals surface area contributed by atoms with Gasteiger partial charge in [0.1, 0.15) is 0 Å². The highest BCUT2D eigenvalue weighted by molar-refractivity contribution is 5.78. The number of hydrogen-bond donors (Lipinski definition) is 1. The molecule has 0 amide bonds. The van der Waals surface area contributed by atoms with E-state index in [1.54, 1.807) is 0 Å². The number of nitriles is 1. The van der Waals surface area contributed by atoms with Gasteiger partial charge in [-0.05, 0) is 25.2 Å². The summed E-state index contributed by atoms with van der Waals surface area (Å²) in [6.07, 6.45) is 2.28. The normalized spacial score (nSPS) is 46.1. The summed E-state index contributed by atoms with van der Waals surface area (Å²) in [6, 6.07) is 2.10. The Hall–Kier alpha value is -1.04. The monoisotopic (exact) mass is 151 g/mol. The first kappa shape index (κ1) is 6.66. The fraction of sp³-hybridized carbons (Fsp3) is 0.750. The summed E-state index contributed by atoms with van der Waals surface area (Å²) in [7, 11) is 0. The zero-order chi connectivity index (χ0) is 8.06. The number of hydrogen-bond acceptors (Lipinski definition) is 2. The van der Waals surface area contributed by atoms with E-state index in [0.717, 1.165) is 19.3 Å². The number of nitrogens with zero attached hydrogens (tertiary/aromatic N) is 1. The van der Waals surface area contributed by atoms with Crippen molar-refractivity contribution in [2.45, 2.75) is 19.3 Å². The number of aliphatic carboxylic acids is 1. The van der Waals surface area contributed by atoms with E-state index in [0.29, 0.717) is 5.92 Å². The van der Waals surface area contributed by atoms with Gasteiger partial charge in [-0.1, -0.05) is 0 Å². The third-order valence-corrected chi connectivity index (χ3v) is 3.12. The zero-order valence-corrected chi connectivity index (χ0v) is 6.08. The van der Waals surface area contributed by atoms with Crippen molar-refractivity contribution < 1.29 is 9.90 Å². The van der Waals surface area contributed by atoms with E-state index < -0.39 is 11.4 Å². The molecule has 3 saturated carbocycles. The quantitative estimate of drug-likeness (QED) is 0.608. The van der Waals surface area contributed by atoms with Gasteiger partial charge in [-0.15, -0.1) is 0 Å². The zero-order valence-electron chi connectivity index (χ0n) is 6.08. The fourth-order valence-electron chi connectivity index (χ4n) is 2.48. The number of carbonyl (C=O) groups is 1. The average Bonchev–Trinajstić information content (AvgIpc) is 2.37. The van der Waals surface area contributed by atoms with E-state index in [2.05, 4.69) is 6.07 Å². The molecule has 58 valence electrons. The van der Waals surface area contributed by atoms with Gasteiger partial charge in [0.2, 0.25) is 0 Å². The van der Waals surface area contributed by atoms with Crippen LogP contribution in [0.5, 0.6) is 0 Å². The van der Waals surface area contributed by atoms with E-state index in [-0.39, 0.29) is 5.92 Å². The van der Waals surface area contributed by atoms with E-state index in [4.69, 9.17) is 10.4 Å². The first-order valence-electron chi connectivity index (χ1n) is 3.82. The first-order chi connectivity index (χ1) is 5.19. The molecule has 3 heteroatoms. The molecule has 0 aromatic carbocycles. The SMILES string of the molecule is N#CC1CC2CC1(C(=O)O)C2. The van der Waals surface area contributed by atoms with Gasteiger partial charge >= 0.3 is 5.97 Å². The lowest BCUT2D eigenvalue weighted by atomic mass is 9.67. The highest BCUT2D eigenvalue weighted by Crippen LogP contribution is 2.62. The molecule has 1 unspecified atom stereocenters. The summed E-state index contributed by atoms with van der Waals surface area (Å²) in [5.41, 5.74) is -0.639. The molecule has 11 heavy (non-hydrogen) atoms. The second kappa shape index (κ2) is 1.76. The van der Waals surface area contributed by atoms with E-state index in [1.807, 2.05) is 0 Å². The Bertz CT molecular complexity index is 247. The third-order valence-electron chi connectivity index (χ3n) is 3.12. The lowest BCUT2D eigenvalue weighted by molar-refractivity contribution is -0.154. The summed E-state index contributed by atoms with van der Waals surface area (Å²) < 4.78 is 0. The second-order valence-electron chi connectivity index (χ2n) is 3.65. The first-order valence-corrected chi connectivity index (χ1v) is 3.82. The van der Waals surface area contributed by atoms with Gasteiger partial charge in [-0.2, -0.15) is 5.26 Å². The van der Waals surface area contributed by atoms with Gasteiger partial charge in [0.25, 0.3) is 0 Å². The van der Waals surface area contributed by atoms with Crippen molar-refractivity contribution >= 4 is 5.97 Å². The molecule has 0 heterocycles. The minimum absolute atomic E-state index is 0.218. The Morgan fingerprint density at radius 2 is 2.27 bits per heavy atom. The molecule has 0 aromatic rings. The van der Waals surface area contributed by atoms with E-state index in [1.165, 1.54) is 0 Å². The van der Waals surface area contributed by atoms with Crippen molar-refractivity contribution in [1.29, 1.82) is 5.26 Å². The summed E-state index contributed by atoms with van der Waals surface area (Å²) >= 11 is 0. The predicted octanol–water partition coefficient (Wildman–Crippen LogP) is 1.01. The van der Waals surface area contributed by atoms with Gasteiger partial charge in [0.05, 0.1) is 17.4 Å². The molecule has 0 aliphatic heterocycles. The van der Waals surface area contributed by atoms with Gasteiger partial charge in [0, 0.05) is 0 Å². The highest BCUT2D eigenvalue weighted by Gasteiger charge is 2.62. The van der Waals surface area contributed by atoms with Crippen LogP contribution >= 0.6 is 0 Å². The maximum Gasteiger partial charge on any atom is 0.310 e. The van der Waals surface area contributed by atoms with E-state index in [9.17, 15) is 4.79 Å². The molecule has 1 atom stereocenters. The van der Waals surface area contributed by atoms with Gasteiger partial charge in [-0.3, -0.25) is 4.79 Å². The van der Waals surface area contributed by atoms with Crippen LogP contribution in [0.25, 0.3) is 0 Å². The Kier molecular flexibility index (Phi) is 1.07. The van der Waals surface area contributed by atoms with Crippen molar-refractivity contribution in [3.8, 4) is 6.07 Å². The summed E-state index contributed by atoms with van der Waals surface area (Å²) in [5.74, 6) is -0.460. The Balaban J connectivity index is 2.29. The van der Waals surface area contributed by atoms with Crippen LogP contribution in [0, 0.1) is 28.6 Å². The van der Waals surface area contributed by atoms with Gasteiger partial charge < -0.3 is 5.11 Å². The van der Waals surface area contributed by atoms with Crippen LogP contribution in [-0.2, 0) is 4.79 Å². The van der Waals surface area contributed by atoms with Crippen LogP contribution < -0.4 is 0 Å². The lowest BCUT2D eigenvalue weighted by Crippen LogP contribution is -2.39. The summed E-state index contributed by atoms with van der Waals surface area (Å²) in [6.45, 7) is 0. The van der Waals surface area contributed by atoms with Crippen molar-refractivity contribution in [2.24, 2.45) is 17.3 Å². The summed E-state index contributed by atoms with van der Waals surface area (Å²) in [4.78, 5) is 10.8. The van der Waals surface area contributed by atoms with Crippen molar-refractivity contribution in [3.63, 3.8) is 0 Å². The topological polar surface area (TPSA) is 61.1 Å². The molecule has 0 radical (unpaired) electrons. The summed E-state index contributed by atoms with van der Waals surface area (Å²) in [5, 5.41) is 17.5. The average molecular weight is 151 g/mol. The molecule has 3 fully saturated rings. The van der Waals surface area contributed by atoms with Crippen LogP contribution in [0.3, 0.4) is 0 Å². The van der Waals surface area contributed by atoms with Crippen LogP contribution in [0.15, 0.2) is 0 Å². The molecule has 2 bridgehead atoms. The molecule has 3 nitrogen and oxygen atoms in total. The number of carboxylic acid groups (broad SMARTS) is 1. The number of fused-ring (bicyclic) bond motifs is 1. The van der Waals surface area contributed by atoms with Crippen molar-refractivity contribution in [1.82, 2.24) is 0 Å². The Labute approximate surface area is 64.6 Å². The predicted molar refractivity (Wildman–Crippen MR) is 36.5 cm³/mol. The lowest BCUT2D eigenvalue weighted by Gasteiger charge is -2.34. The molecule has 0 saturated heterocycles. The van der Waals surface area contributed by atoms with Crippen molar-refractivity contribution in [3.05, 3.63) is 0 Å². The second-order valence-corrected chi connectivity index (χ2v) is 3.65. The molecule has 0 aromatic heterocycles. The highest BCUT2D eigenvalue weighted by atomic mass is 16.4. The standard InChI is InChI=1S/C8H9NO2/c9-4-6-1-5-2-8(6,3-5)7(10)11/h5-6H,1-3H2,(H,10,11). The number of rotatable bonds is 1. The molecular formula is C8H9NO2. The third kappa shape index (κ3) is 0.597. The van der Waals surface area contributed by atoms with Crippen molar-refractivity contribution in [2.75, 3.05) is 0 Å². The maximum atomic E-state index is 10.8. The molecule has 3 aliphatic carbocycles. The Morgan fingerprint density at radius 1 is 1.64 bits per heavy atom. The minimum Gasteiger partial charge on any atom is -0.481 e. The number of carboxylic acids is 1. The molecule has 3 aliphatic rings. The largest absolute Gasteiger partial charge is 0.481 e. The van der Waals surface area contributed by atoms with Gasteiger partial charge in [0.15, 0.2) is 0 Å². The van der Waals surface area contributed by atoms with Crippen LogP contribution in [-0.4, -0.2) is 11.1 Å².